The van der Waals surface area contributed by atoms with Crippen molar-refractivity contribution in [3.8, 4) is 0 Å². The van der Waals surface area contributed by atoms with Gasteiger partial charge in [0.25, 0.3) is 0 Å². The minimum Gasteiger partial charge on any atom is -0.377 e. The van der Waals surface area contributed by atoms with Crippen LogP contribution in [0.15, 0.2) is 0 Å². The van der Waals surface area contributed by atoms with E-state index in [9.17, 15) is 0 Å². The third-order valence-electron chi connectivity index (χ3n) is 4.14. The summed E-state index contributed by atoms with van der Waals surface area (Å²) in [7, 11) is 4.24. The van der Waals surface area contributed by atoms with E-state index < -0.39 is 0 Å². The molecule has 0 aromatic rings. The summed E-state index contributed by atoms with van der Waals surface area (Å²) in [6.45, 7) is 8.85. The minimum atomic E-state index is 0.514. The average Bonchev–Trinajstić information content (AvgIpc) is 2.32. The Morgan fingerprint density at radius 2 is 1.89 bits per heavy atom. The lowest BCUT2D eigenvalue weighted by Gasteiger charge is -2.32. The Labute approximate surface area is 113 Å². The second kappa shape index (κ2) is 8.89. The Morgan fingerprint density at radius 3 is 2.56 bits per heavy atom. The summed E-state index contributed by atoms with van der Waals surface area (Å²) in [5, 5.41) is 3.45. The lowest BCUT2D eigenvalue weighted by atomic mass is 9.80. The molecular formula is C15H32N2O. The van der Waals surface area contributed by atoms with Gasteiger partial charge in [0.15, 0.2) is 0 Å². The standard InChI is InChI=1S/C15H32N2O/c1-13-6-7-15(12-14(13)2)18-11-9-16-8-5-10-17(3)4/h13-16H,5-12H2,1-4H3. The van der Waals surface area contributed by atoms with Crippen LogP contribution in [0.25, 0.3) is 0 Å². The Morgan fingerprint density at radius 1 is 1.11 bits per heavy atom. The first-order chi connectivity index (χ1) is 8.59. The maximum absolute atomic E-state index is 5.96. The van der Waals surface area contributed by atoms with E-state index in [-0.39, 0.29) is 0 Å². The molecule has 108 valence electrons. The lowest BCUT2D eigenvalue weighted by Crippen LogP contribution is -2.30. The summed E-state index contributed by atoms with van der Waals surface area (Å²) in [5.41, 5.74) is 0. The van der Waals surface area contributed by atoms with E-state index in [1.54, 1.807) is 0 Å². The van der Waals surface area contributed by atoms with E-state index in [0.717, 1.165) is 38.1 Å². The molecule has 0 aromatic heterocycles. The molecule has 0 aromatic carbocycles. The molecule has 0 radical (unpaired) electrons. The highest BCUT2D eigenvalue weighted by atomic mass is 16.5. The number of nitrogens with one attached hydrogen (secondary N) is 1. The molecule has 1 N–H and O–H groups in total. The van der Waals surface area contributed by atoms with Gasteiger partial charge in [0.1, 0.15) is 0 Å². The number of hydrogen-bond acceptors (Lipinski definition) is 3. The monoisotopic (exact) mass is 256 g/mol. The summed E-state index contributed by atoms with van der Waals surface area (Å²) < 4.78 is 5.96. The predicted octanol–water partition coefficient (Wildman–Crippen LogP) is 2.37. The van der Waals surface area contributed by atoms with E-state index in [2.05, 4.69) is 38.2 Å². The SMILES string of the molecule is CC1CCC(OCCNCCCN(C)C)CC1C. The van der Waals surface area contributed by atoms with Gasteiger partial charge in [-0.25, -0.2) is 0 Å². The summed E-state index contributed by atoms with van der Waals surface area (Å²) in [5.74, 6) is 1.71. The van der Waals surface area contributed by atoms with Crippen molar-refractivity contribution in [2.45, 2.75) is 45.6 Å². The molecule has 0 bridgehead atoms. The van der Waals surface area contributed by atoms with Crippen LogP contribution in [0.3, 0.4) is 0 Å². The molecule has 3 unspecified atom stereocenters. The van der Waals surface area contributed by atoms with Crippen molar-refractivity contribution >= 4 is 0 Å². The van der Waals surface area contributed by atoms with Crippen LogP contribution in [0.4, 0.5) is 0 Å². The van der Waals surface area contributed by atoms with E-state index in [0.29, 0.717) is 6.10 Å². The Hall–Kier alpha value is -0.120. The van der Waals surface area contributed by atoms with Crippen molar-refractivity contribution in [3.05, 3.63) is 0 Å². The zero-order chi connectivity index (χ0) is 13.4. The molecule has 1 aliphatic carbocycles. The fraction of sp³-hybridized carbons (Fsp3) is 1.00. The summed E-state index contributed by atoms with van der Waals surface area (Å²) in [4.78, 5) is 2.22. The third kappa shape index (κ3) is 6.72. The van der Waals surface area contributed by atoms with Gasteiger partial charge in [-0.15, -0.1) is 0 Å². The predicted molar refractivity (Wildman–Crippen MR) is 78.0 cm³/mol. The fourth-order valence-electron chi connectivity index (χ4n) is 2.59. The molecule has 18 heavy (non-hydrogen) atoms. The van der Waals surface area contributed by atoms with Gasteiger partial charge >= 0.3 is 0 Å². The highest BCUT2D eigenvalue weighted by Gasteiger charge is 2.24. The van der Waals surface area contributed by atoms with E-state index >= 15 is 0 Å². The first-order valence-electron chi connectivity index (χ1n) is 7.56. The van der Waals surface area contributed by atoms with Gasteiger partial charge < -0.3 is 15.0 Å². The van der Waals surface area contributed by atoms with Gasteiger partial charge in [0.2, 0.25) is 0 Å². The molecule has 3 nitrogen and oxygen atoms in total. The van der Waals surface area contributed by atoms with Gasteiger partial charge in [-0.3, -0.25) is 0 Å². The smallest absolute Gasteiger partial charge is 0.0594 e. The molecule has 0 saturated heterocycles. The average molecular weight is 256 g/mol. The van der Waals surface area contributed by atoms with Crippen molar-refractivity contribution in [1.29, 1.82) is 0 Å². The second-order valence-electron chi connectivity index (χ2n) is 6.17. The minimum absolute atomic E-state index is 0.514. The number of ether oxygens (including phenoxy) is 1. The highest BCUT2D eigenvalue weighted by molar-refractivity contribution is 4.75. The zero-order valence-corrected chi connectivity index (χ0v) is 12.7. The van der Waals surface area contributed by atoms with Crippen molar-refractivity contribution < 1.29 is 4.74 Å². The van der Waals surface area contributed by atoms with Gasteiger partial charge in [0.05, 0.1) is 12.7 Å². The zero-order valence-electron chi connectivity index (χ0n) is 12.7. The number of hydrogen-bond donors (Lipinski definition) is 1. The van der Waals surface area contributed by atoms with Gasteiger partial charge in [0, 0.05) is 6.54 Å². The normalized spacial score (nSPS) is 28.8. The van der Waals surface area contributed by atoms with Crippen molar-refractivity contribution in [2.24, 2.45) is 11.8 Å². The molecule has 3 atom stereocenters. The lowest BCUT2D eigenvalue weighted by molar-refractivity contribution is 0.00434. The molecule has 1 rings (SSSR count). The fourth-order valence-corrected chi connectivity index (χ4v) is 2.59. The Balaban J connectivity index is 1.92. The largest absolute Gasteiger partial charge is 0.377 e. The summed E-state index contributed by atoms with van der Waals surface area (Å²) in [6, 6.07) is 0. The van der Waals surface area contributed by atoms with Gasteiger partial charge in [-0.05, 0) is 64.7 Å². The molecule has 0 aliphatic heterocycles. The van der Waals surface area contributed by atoms with E-state index in [1.807, 2.05) is 0 Å². The molecule has 0 amide bonds. The highest BCUT2D eigenvalue weighted by Crippen LogP contribution is 2.30. The van der Waals surface area contributed by atoms with E-state index in [4.69, 9.17) is 4.74 Å². The van der Waals surface area contributed by atoms with Gasteiger partial charge in [-0.1, -0.05) is 13.8 Å². The Bertz CT molecular complexity index is 209. The van der Waals surface area contributed by atoms with Crippen LogP contribution in [0, 0.1) is 11.8 Å². The molecule has 0 spiro atoms. The molecule has 1 aliphatic rings. The van der Waals surface area contributed by atoms with Crippen LogP contribution in [-0.2, 0) is 4.74 Å². The summed E-state index contributed by atoms with van der Waals surface area (Å²) >= 11 is 0. The van der Waals surface area contributed by atoms with Crippen LogP contribution in [-0.4, -0.2) is 51.3 Å². The van der Waals surface area contributed by atoms with Crippen LogP contribution in [0.5, 0.6) is 0 Å². The molecule has 0 heterocycles. The topological polar surface area (TPSA) is 24.5 Å². The second-order valence-corrected chi connectivity index (χ2v) is 6.17. The quantitative estimate of drug-likeness (QED) is 0.675. The van der Waals surface area contributed by atoms with Gasteiger partial charge in [-0.2, -0.15) is 0 Å². The Kier molecular flexibility index (Phi) is 7.87. The van der Waals surface area contributed by atoms with Crippen molar-refractivity contribution in [2.75, 3.05) is 40.3 Å². The molecule has 1 fully saturated rings. The number of nitrogens with zero attached hydrogens (tertiary/aromatic N) is 1. The first-order valence-corrected chi connectivity index (χ1v) is 7.56. The molecule has 3 heteroatoms. The maximum Gasteiger partial charge on any atom is 0.0594 e. The summed E-state index contributed by atoms with van der Waals surface area (Å²) in [6.07, 6.45) is 5.57. The van der Waals surface area contributed by atoms with Crippen LogP contribution in [0.2, 0.25) is 0 Å². The first kappa shape index (κ1) is 15.9. The number of rotatable bonds is 8. The van der Waals surface area contributed by atoms with Crippen molar-refractivity contribution in [3.63, 3.8) is 0 Å². The van der Waals surface area contributed by atoms with Crippen molar-refractivity contribution in [1.82, 2.24) is 10.2 Å². The van der Waals surface area contributed by atoms with Crippen LogP contribution in [0.1, 0.15) is 39.5 Å². The molecule has 1 saturated carbocycles. The van der Waals surface area contributed by atoms with Crippen LogP contribution >= 0.6 is 0 Å². The molecular weight excluding hydrogens is 224 g/mol. The van der Waals surface area contributed by atoms with E-state index in [1.165, 1.54) is 25.7 Å². The maximum atomic E-state index is 5.96. The van der Waals surface area contributed by atoms with Crippen LogP contribution < -0.4 is 5.32 Å². The third-order valence-corrected chi connectivity index (χ3v) is 4.14.